The maximum Gasteiger partial charge on any atom is 0.242 e. The fourth-order valence-electron chi connectivity index (χ4n) is 2.85. The van der Waals surface area contributed by atoms with Crippen LogP contribution in [0, 0.1) is 5.82 Å². The smallest absolute Gasteiger partial charge is 0.242 e. The molecule has 0 spiro atoms. The molecule has 1 N–H and O–H groups in total. The molecule has 0 aromatic heterocycles. The Morgan fingerprint density at radius 1 is 1.21 bits per heavy atom. The maximum atomic E-state index is 13.2. The monoisotopic (exact) mass is 415 g/mol. The van der Waals surface area contributed by atoms with E-state index in [-0.39, 0.29) is 24.1 Å². The number of aliphatic imine (C=N–C) groups is 1. The van der Waals surface area contributed by atoms with Crippen LogP contribution in [-0.2, 0) is 16.1 Å². The van der Waals surface area contributed by atoms with E-state index >= 15 is 0 Å². The van der Waals surface area contributed by atoms with Gasteiger partial charge in [0.2, 0.25) is 11.8 Å². The van der Waals surface area contributed by atoms with Crippen LogP contribution in [0.4, 0.5) is 10.1 Å². The van der Waals surface area contributed by atoms with Crippen molar-refractivity contribution in [3.05, 3.63) is 59.9 Å². The Kier molecular flexibility index (Phi) is 6.87. The molecule has 0 radical (unpaired) electrons. The van der Waals surface area contributed by atoms with Gasteiger partial charge < -0.3 is 10.1 Å². The van der Waals surface area contributed by atoms with Crippen molar-refractivity contribution in [2.45, 2.75) is 25.1 Å². The minimum Gasteiger partial charge on any atom is -0.497 e. The number of hydrogen-bond donors (Lipinski definition) is 1. The number of halogens is 1. The number of amides is 2. The summed E-state index contributed by atoms with van der Waals surface area (Å²) in [6, 6.07) is 13.2. The summed E-state index contributed by atoms with van der Waals surface area (Å²) >= 11 is 1.25. The molecule has 6 nitrogen and oxygen atoms in total. The number of benzene rings is 2. The van der Waals surface area contributed by atoms with Gasteiger partial charge >= 0.3 is 0 Å². The van der Waals surface area contributed by atoms with Crippen LogP contribution in [0.1, 0.15) is 18.9 Å². The summed E-state index contributed by atoms with van der Waals surface area (Å²) in [5, 5.41) is 2.67. The summed E-state index contributed by atoms with van der Waals surface area (Å²) in [4.78, 5) is 31.1. The van der Waals surface area contributed by atoms with Crippen LogP contribution < -0.4 is 10.1 Å². The summed E-state index contributed by atoms with van der Waals surface area (Å²) in [5.41, 5.74) is 1.45. The van der Waals surface area contributed by atoms with Crippen LogP contribution in [-0.4, -0.2) is 40.8 Å². The van der Waals surface area contributed by atoms with E-state index in [1.54, 1.807) is 24.1 Å². The lowest BCUT2D eigenvalue weighted by Gasteiger charge is -2.17. The molecule has 1 atom stereocenters. The van der Waals surface area contributed by atoms with Crippen molar-refractivity contribution in [1.82, 2.24) is 10.2 Å². The zero-order valence-electron chi connectivity index (χ0n) is 16.2. The Morgan fingerprint density at radius 3 is 2.52 bits per heavy atom. The highest BCUT2D eigenvalue weighted by molar-refractivity contribution is 8.15. The molecule has 0 aliphatic carbocycles. The van der Waals surface area contributed by atoms with Gasteiger partial charge in [0.05, 0.1) is 19.3 Å². The first kappa shape index (κ1) is 20.9. The second kappa shape index (κ2) is 9.56. The van der Waals surface area contributed by atoms with Crippen LogP contribution >= 0.6 is 11.8 Å². The van der Waals surface area contributed by atoms with Crippen LogP contribution in [0.2, 0.25) is 0 Å². The molecule has 0 bridgehead atoms. The van der Waals surface area contributed by atoms with Gasteiger partial charge in [-0.1, -0.05) is 23.9 Å². The van der Waals surface area contributed by atoms with Crippen LogP contribution in [0.25, 0.3) is 0 Å². The van der Waals surface area contributed by atoms with Crippen molar-refractivity contribution in [1.29, 1.82) is 0 Å². The molecule has 152 valence electrons. The van der Waals surface area contributed by atoms with E-state index in [2.05, 4.69) is 10.3 Å². The van der Waals surface area contributed by atoms with Crippen molar-refractivity contribution in [2.75, 3.05) is 13.7 Å². The lowest BCUT2D eigenvalue weighted by molar-refractivity contribution is -0.129. The lowest BCUT2D eigenvalue weighted by Crippen LogP contribution is -2.34. The highest BCUT2D eigenvalue weighted by atomic mass is 32.2. The Bertz CT molecular complexity index is 900. The number of carbonyl (C=O) groups is 2. The Morgan fingerprint density at radius 2 is 1.90 bits per heavy atom. The van der Waals surface area contributed by atoms with E-state index in [0.717, 1.165) is 11.3 Å². The molecule has 1 aliphatic heterocycles. The second-order valence-electron chi connectivity index (χ2n) is 6.41. The highest BCUT2D eigenvalue weighted by Gasteiger charge is 2.39. The molecule has 1 fully saturated rings. The molecule has 0 saturated carbocycles. The third-order valence-corrected chi connectivity index (χ3v) is 5.49. The number of thioether (sulfide) groups is 1. The van der Waals surface area contributed by atoms with Crippen molar-refractivity contribution < 1.29 is 18.7 Å². The van der Waals surface area contributed by atoms with Gasteiger partial charge in [-0.05, 0) is 48.9 Å². The van der Waals surface area contributed by atoms with E-state index in [4.69, 9.17) is 4.74 Å². The zero-order chi connectivity index (χ0) is 20.8. The molecule has 0 unspecified atom stereocenters. The van der Waals surface area contributed by atoms with E-state index in [1.165, 1.54) is 23.9 Å². The number of nitrogens with zero attached hydrogens (tertiary/aromatic N) is 2. The number of amidine groups is 1. The fourth-order valence-corrected chi connectivity index (χ4v) is 4.01. The van der Waals surface area contributed by atoms with E-state index in [9.17, 15) is 14.0 Å². The predicted molar refractivity (Wildman–Crippen MR) is 112 cm³/mol. The molecule has 1 aliphatic rings. The normalized spacial score (nSPS) is 17.6. The largest absolute Gasteiger partial charge is 0.497 e. The predicted octanol–water partition coefficient (Wildman–Crippen LogP) is 3.49. The average Bonchev–Trinajstić information content (AvgIpc) is 2.99. The van der Waals surface area contributed by atoms with Gasteiger partial charge in [-0.25, -0.2) is 9.38 Å². The average molecular weight is 415 g/mol. The zero-order valence-corrected chi connectivity index (χ0v) is 17.0. The molecule has 8 heteroatoms. The van der Waals surface area contributed by atoms with Gasteiger partial charge in [0, 0.05) is 13.0 Å². The molecule has 3 rings (SSSR count). The summed E-state index contributed by atoms with van der Waals surface area (Å²) in [7, 11) is 1.59. The summed E-state index contributed by atoms with van der Waals surface area (Å²) < 4.78 is 18.4. The third-order valence-electron chi connectivity index (χ3n) is 4.32. The second-order valence-corrected chi connectivity index (χ2v) is 7.58. The van der Waals surface area contributed by atoms with E-state index < -0.39 is 5.25 Å². The number of rotatable bonds is 7. The SMILES string of the molecule is CCNC(=O)C[C@@H]1SC(=Nc2ccc(F)cc2)N(Cc2ccc(OC)cc2)C1=O. The molecule has 2 amide bonds. The van der Waals surface area contributed by atoms with Crippen molar-refractivity contribution >= 4 is 34.4 Å². The van der Waals surface area contributed by atoms with E-state index in [1.807, 2.05) is 31.2 Å². The molecule has 2 aromatic carbocycles. The van der Waals surface area contributed by atoms with Gasteiger partial charge in [0.25, 0.3) is 0 Å². The van der Waals surface area contributed by atoms with Crippen LogP contribution in [0.5, 0.6) is 5.75 Å². The lowest BCUT2D eigenvalue weighted by atomic mass is 10.2. The first-order valence-corrected chi connectivity index (χ1v) is 10.1. The van der Waals surface area contributed by atoms with E-state index in [0.29, 0.717) is 23.9 Å². The minimum absolute atomic E-state index is 0.0822. The molecular formula is C21H22FN3O3S. The standard InChI is InChI=1S/C21H22FN3O3S/c1-3-23-19(26)12-18-20(27)25(13-14-4-10-17(28-2)11-5-14)21(29-18)24-16-8-6-15(22)7-9-16/h4-11,18H,3,12-13H2,1-2H3,(H,23,26)/t18-/m0/s1. The summed E-state index contributed by atoms with van der Waals surface area (Å²) in [5.74, 6) is 0.0298. The first-order valence-electron chi connectivity index (χ1n) is 9.22. The number of hydrogen-bond acceptors (Lipinski definition) is 5. The Hall–Kier alpha value is -2.87. The van der Waals surface area contributed by atoms with Gasteiger partial charge in [0.1, 0.15) is 16.8 Å². The number of methoxy groups -OCH3 is 1. The van der Waals surface area contributed by atoms with Gasteiger partial charge in [-0.15, -0.1) is 0 Å². The summed E-state index contributed by atoms with van der Waals surface area (Å²) in [6.07, 6.45) is 0.0822. The Balaban J connectivity index is 1.85. The Labute approximate surface area is 173 Å². The molecule has 1 saturated heterocycles. The summed E-state index contributed by atoms with van der Waals surface area (Å²) in [6.45, 7) is 2.66. The molecule has 1 heterocycles. The number of ether oxygens (including phenoxy) is 1. The molecule has 29 heavy (non-hydrogen) atoms. The fraction of sp³-hybridized carbons (Fsp3) is 0.286. The third kappa shape index (κ3) is 5.35. The quantitative estimate of drug-likeness (QED) is 0.752. The molecular weight excluding hydrogens is 393 g/mol. The van der Waals surface area contributed by atoms with Crippen molar-refractivity contribution in [3.63, 3.8) is 0 Å². The van der Waals surface area contributed by atoms with Crippen LogP contribution in [0.15, 0.2) is 53.5 Å². The van der Waals surface area contributed by atoms with Gasteiger partial charge in [-0.2, -0.15) is 0 Å². The maximum absolute atomic E-state index is 13.2. The number of carbonyl (C=O) groups excluding carboxylic acids is 2. The first-order chi connectivity index (χ1) is 14.0. The minimum atomic E-state index is -0.543. The van der Waals surface area contributed by atoms with Gasteiger partial charge in [-0.3, -0.25) is 14.5 Å². The van der Waals surface area contributed by atoms with Crippen LogP contribution in [0.3, 0.4) is 0 Å². The highest BCUT2D eigenvalue weighted by Crippen LogP contribution is 2.33. The topological polar surface area (TPSA) is 71.0 Å². The van der Waals surface area contributed by atoms with Crippen molar-refractivity contribution in [2.24, 2.45) is 4.99 Å². The molecule has 2 aromatic rings. The number of nitrogens with one attached hydrogen (secondary N) is 1. The van der Waals surface area contributed by atoms with Crippen molar-refractivity contribution in [3.8, 4) is 5.75 Å². The van der Waals surface area contributed by atoms with Gasteiger partial charge in [0.15, 0.2) is 5.17 Å².